The van der Waals surface area contributed by atoms with Crippen LogP contribution < -0.4 is 11.1 Å². The third-order valence-electron chi connectivity index (χ3n) is 1.66. The molecule has 1 aromatic carbocycles. The SMILES string of the molecule is Nc1cc(Cl)ccc1C(=O)NCCO. The van der Waals surface area contributed by atoms with Gasteiger partial charge in [-0.15, -0.1) is 0 Å². The molecule has 14 heavy (non-hydrogen) atoms. The smallest absolute Gasteiger partial charge is 0.253 e. The highest BCUT2D eigenvalue weighted by Crippen LogP contribution is 2.17. The van der Waals surface area contributed by atoms with E-state index >= 15 is 0 Å². The van der Waals surface area contributed by atoms with E-state index in [0.29, 0.717) is 16.3 Å². The molecule has 0 aliphatic heterocycles. The number of amides is 1. The number of benzene rings is 1. The maximum absolute atomic E-state index is 11.4. The van der Waals surface area contributed by atoms with Crippen molar-refractivity contribution in [3.63, 3.8) is 0 Å². The molecule has 0 aliphatic rings. The molecule has 0 fully saturated rings. The minimum atomic E-state index is -0.312. The summed E-state index contributed by atoms with van der Waals surface area (Å²) in [5, 5.41) is 11.5. The van der Waals surface area contributed by atoms with Gasteiger partial charge < -0.3 is 16.2 Å². The Balaban J connectivity index is 2.80. The number of carbonyl (C=O) groups excluding carboxylic acids is 1. The quantitative estimate of drug-likeness (QED) is 0.647. The lowest BCUT2D eigenvalue weighted by Gasteiger charge is -2.06. The van der Waals surface area contributed by atoms with Gasteiger partial charge in [-0.25, -0.2) is 0 Å². The van der Waals surface area contributed by atoms with Crippen molar-refractivity contribution < 1.29 is 9.90 Å². The Bertz CT molecular complexity index is 342. The van der Waals surface area contributed by atoms with Crippen LogP contribution in [-0.2, 0) is 0 Å². The lowest BCUT2D eigenvalue weighted by molar-refractivity contribution is 0.0945. The van der Waals surface area contributed by atoms with Gasteiger partial charge >= 0.3 is 0 Å². The molecule has 1 rings (SSSR count). The molecule has 4 nitrogen and oxygen atoms in total. The first-order chi connectivity index (χ1) is 6.65. The Labute approximate surface area is 86.7 Å². The number of rotatable bonds is 3. The zero-order valence-corrected chi connectivity index (χ0v) is 8.21. The van der Waals surface area contributed by atoms with Gasteiger partial charge in [0, 0.05) is 17.3 Å². The molecule has 0 radical (unpaired) electrons. The molecule has 0 spiro atoms. The lowest BCUT2D eigenvalue weighted by Crippen LogP contribution is -2.27. The van der Waals surface area contributed by atoms with Gasteiger partial charge in [-0.05, 0) is 18.2 Å². The Morgan fingerprint density at radius 3 is 2.86 bits per heavy atom. The van der Waals surface area contributed by atoms with Crippen molar-refractivity contribution in [3.8, 4) is 0 Å². The van der Waals surface area contributed by atoms with Crippen LogP contribution in [-0.4, -0.2) is 24.2 Å². The van der Waals surface area contributed by atoms with Crippen LogP contribution in [0, 0.1) is 0 Å². The molecule has 1 amide bonds. The summed E-state index contributed by atoms with van der Waals surface area (Å²) < 4.78 is 0. The molecule has 0 atom stereocenters. The Hall–Kier alpha value is -1.26. The summed E-state index contributed by atoms with van der Waals surface area (Å²) >= 11 is 5.67. The van der Waals surface area contributed by atoms with Gasteiger partial charge in [-0.1, -0.05) is 11.6 Å². The summed E-state index contributed by atoms with van der Waals surface area (Å²) in [6, 6.07) is 4.64. The summed E-state index contributed by atoms with van der Waals surface area (Å²) in [5.41, 5.74) is 6.28. The largest absolute Gasteiger partial charge is 0.398 e. The molecule has 0 unspecified atom stereocenters. The normalized spacial score (nSPS) is 9.86. The number of aliphatic hydroxyl groups is 1. The number of halogens is 1. The van der Waals surface area contributed by atoms with E-state index in [1.54, 1.807) is 12.1 Å². The molecule has 0 saturated heterocycles. The van der Waals surface area contributed by atoms with Gasteiger partial charge in [0.1, 0.15) is 0 Å². The first kappa shape index (κ1) is 10.8. The summed E-state index contributed by atoms with van der Waals surface area (Å²) in [4.78, 5) is 11.4. The number of anilines is 1. The zero-order valence-electron chi connectivity index (χ0n) is 7.46. The van der Waals surface area contributed by atoms with E-state index in [-0.39, 0.29) is 19.1 Å². The highest BCUT2D eigenvalue weighted by molar-refractivity contribution is 6.31. The van der Waals surface area contributed by atoms with Gasteiger partial charge in [0.05, 0.1) is 12.2 Å². The van der Waals surface area contributed by atoms with E-state index in [4.69, 9.17) is 22.4 Å². The Morgan fingerprint density at radius 1 is 1.57 bits per heavy atom. The minimum Gasteiger partial charge on any atom is -0.398 e. The summed E-state index contributed by atoms with van der Waals surface area (Å²) in [6.45, 7) is 0.111. The third-order valence-corrected chi connectivity index (χ3v) is 1.89. The fourth-order valence-electron chi connectivity index (χ4n) is 1.01. The standard InChI is InChI=1S/C9H11ClN2O2/c10-6-1-2-7(8(11)5-6)9(14)12-3-4-13/h1-2,5,13H,3-4,11H2,(H,12,14). The predicted molar refractivity (Wildman–Crippen MR) is 55.3 cm³/mol. The number of carbonyl (C=O) groups is 1. The van der Waals surface area contributed by atoms with Crippen molar-refractivity contribution in [1.82, 2.24) is 5.32 Å². The molecule has 4 N–H and O–H groups in total. The van der Waals surface area contributed by atoms with Gasteiger partial charge in [-0.3, -0.25) is 4.79 Å². The fourth-order valence-corrected chi connectivity index (χ4v) is 1.19. The second kappa shape index (κ2) is 4.83. The topological polar surface area (TPSA) is 75.4 Å². The van der Waals surface area contributed by atoms with E-state index in [1.165, 1.54) is 6.07 Å². The second-order valence-corrected chi connectivity index (χ2v) is 3.15. The molecule has 1 aromatic rings. The summed E-state index contributed by atoms with van der Waals surface area (Å²) in [6.07, 6.45) is 0. The number of aliphatic hydroxyl groups excluding tert-OH is 1. The molecule has 0 bridgehead atoms. The van der Waals surface area contributed by atoms with Crippen molar-refractivity contribution in [2.24, 2.45) is 0 Å². The predicted octanol–water partition coefficient (Wildman–Crippen LogP) is 0.644. The minimum absolute atomic E-state index is 0.0980. The fraction of sp³-hybridized carbons (Fsp3) is 0.222. The van der Waals surface area contributed by atoms with Gasteiger partial charge in [0.25, 0.3) is 5.91 Å². The van der Waals surface area contributed by atoms with Gasteiger partial charge in [0.2, 0.25) is 0 Å². The van der Waals surface area contributed by atoms with E-state index in [2.05, 4.69) is 5.32 Å². The van der Waals surface area contributed by atoms with Gasteiger partial charge in [0.15, 0.2) is 0 Å². The van der Waals surface area contributed by atoms with Crippen LogP contribution in [0.3, 0.4) is 0 Å². The third kappa shape index (κ3) is 2.61. The number of nitrogens with two attached hydrogens (primary N) is 1. The Kier molecular flexibility index (Phi) is 3.73. The second-order valence-electron chi connectivity index (χ2n) is 2.71. The van der Waals surface area contributed by atoms with Crippen LogP contribution in [0.2, 0.25) is 5.02 Å². The zero-order chi connectivity index (χ0) is 10.6. The molecule has 76 valence electrons. The van der Waals surface area contributed by atoms with Gasteiger partial charge in [-0.2, -0.15) is 0 Å². The van der Waals surface area contributed by atoms with Crippen molar-refractivity contribution in [1.29, 1.82) is 0 Å². The van der Waals surface area contributed by atoms with Crippen LogP contribution >= 0.6 is 11.6 Å². The van der Waals surface area contributed by atoms with Crippen molar-refractivity contribution in [3.05, 3.63) is 28.8 Å². The first-order valence-corrected chi connectivity index (χ1v) is 4.47. The van der Waals surface area contributed by atoms with Crippen LogP contribution in [0.15, 0.2) is 18.2 Å². The molecule has 0 aliphatic carbocycles. The van der Waals surface area contributed by atoms with E-state index < -0.39 is 0 Å². The Morgan fingerprint density at radius 2 is 2.29 bits per heavy atom. The average molecular weight is 215 g/mol. The van der Waals surface area contributed by atoms with Crippen molar-refractivity contribution in [2.45, 2.75) is 0 Å². The highest BCUT2D eigenvalue weighted by Gasteiger charge is 2.08. The maximum Gasteiger partial charge on any atom is 0.253 e. The van der Waals surface area contributed by atoms with E-state index in [9.17, 15) is 4.79 Å². The number of nitrogens with one attached hydrogen (secondary N) is 1. The van der Waals surface area contributed by atoms with E-state index in [1.807, 2.05) is 0 Å². The van der Waals surface area contributed by atoms with Crippen LogP contribution in [0.1, 0.15) is 10.4 Å². The monoisotopic (exact) mass is 214 g/mol. The molecule has 0 heterocycles. The molecular weight excluding hydrogens is 204 g/mol. The summed E-state index contributed by atoms with van der Waals surface area (Å²) in [7, 11) is 0. The first-order valence-electron chi connectivity index (χ1n) is 4.09. The van der Waals surface area contributed by atoms with Crippen LogP contribution in [0.5, 0.6) is 0 Å². The van der Waals surface area contributed by atoms with E-state index in [0.717, 1.165) is 0 Å². The van der Waals surface area contributed by atoms with Crippen molar-refractivity contribution >= 4 is 23.2 Å². The highest BCUT2D eigenvalue weighted by atomic mass is 35.5. The van der Waals surface area contributed by atoms with Crippen molar-refractivity contribution in [2.75, 3.05) is 18.9 Å². The summed E-state index contributed by atoms with van der Waals surface area (Å²) in [5.74, 6) is -0.312. The number of nitrogen functional groups attached to an aromatic ring is 1. The lowest BCUT2D eigenvalue weighted by atomic mass is 10.1. The average Bonchev–Trinajstić information content (AvgIpc) is 2.14. The number of hydrogen-bond donors (Lipinski definition) is 3. The maximum atomic E-state index is 11.4. The van der Waals surface area contributed by atoms with Crippen LogP contribution in [0.25, 0.3) is 0 Å². The molecule has 0 saturated carbocycles. The molecular formula is C9H11ClN2O2. The molecule has 0 aromatic heterocycles. The number of hydrogen-bond acceptors (Lipinski definition) is 3. The molecule has 5 heteroatoms. The van der Waals surface area contributed by atoms with Crippen LogP contribution in [0.4, 0.5) is 5.69 Å².